The van der Waals surface area contributed by atoms with E-state index in [0.29, 0.717) is 0 Å². The highest BCUT2D eigenvalue weighted by Gasteiger charge is 2.48. The van der Waals surface area contributed by atoms with Crippen LogP contribution in [0.25, 0.3) is 38.3 Å². The predicted octanol–water partition coefficient (Wildman–Crippen LogP) is 19.6. The van der Waals surface area contributed by atoms with Gasteiger partial charge in [0, 0.05) is 50.3 Å². The third-order valence-electron chi connectivity index (χ3n) is 18.2. The minimum atomic E-state index is -0.182. The van der Waals surface area contributed by atoms with Crippen molar-refractivity contribution in [3.63, 3.8) is 0 Å². The number of anilines is 9. The molecular weight excluding hydrogens is 980 g/mol. The lowest BCUT2D eigenvalue weighted by molar-refractivity contribution is 0.589. The molecule has 1 aromatic heterocycles. The van der Waals surface area contributed by atoms with E-state index in [0.717, 1.165) is 17.1 Å². The number of aromatic nitrogens is 1. The van der Waals surface area contributed by atoms with Crippen LogP contribution in [0.2, 0.25) is 0 Å². The van der Waals surface area contributed by atoms with Gasteiger partial charge < -0.3 is 19.3 Å². The minimum absolute atomic E-state index is 0.0120. The van der Waals surface area contributed by atoms with Crippen molar-refractivity contribution in [2.75, 3.05) is 14.7 Å². The summed E-state index contributed by atoms with van der Waals surface area (Å²) >= 11 is 0. The van der Waals surface area contributed by atoms with Crippen molar-refractivity contribution in [2.45, 2.75) is 157 Å². The van der Waals surface area contributed by atoms with Gasteiger partial charge in [-0.05, 0) is 173 Å². The molecule has 0 fully saturated rings. The molecule has 81 heavy (non-hydrogen) atoms. The van der Waals surface area contributed by atoms with Gasteiger partial charge in [-0.15, -0.1) is 0 Å². The normalized spacial score (nSPS) is 14.2. The Bertz CT molecular complexity index is 4160. The van der Waals surface area contributed by atoms with Crippen LogP contribution in [-0.4, -0.2) is 11.3 Å². The summed E-state index contributed by atoms with van der Waals surface area (Å²) in [6.45, 7) is 42.2. The van der Waals surface area contributed by atoms with Gasteiger partial charge in [-0.2, -0.15) is 0 Å². The van der Waals surface area contributed by atoms with E-state index in [1.165, 1.54) is 122 Å². The number of hydrogen-bond donors (Lipinski definition) is 0. The Balaban J connectivity index is 1.17. The van der Waals surface area contributed by atoms with Gasteiger partial charge in [0.1, 0.15) is 0 Å². The summed E-state index contributed by atoms with van der Waals surface area (Å²) < 4.78 is 2.66. The first-order chi connectivity index (χ1) is 38.0. The highest BCUT2D eigenvalue weighted by atomic mass is 15.2. The van der Waals surface area contributed by atoms with Crippen molar-refractivity contribution in [2.24, 2.45) is 0 Å². The molecular formula is C76H81BN4. The average molecular weight is 1060 g/mol. The smallest absolute Gasteiger partial charge is 0.252 e. The molecule has 408 valence electrons. The van der Waals surface area contributed by atoms with E-state index in [9.17, 15) is 0 Å². The minimum Gasteiger partial charge on any atom is -0.311 e. The maximum Gasteiger partial charge on any atom is 0.252 e. The van der Waals surface area contributed by atoms with Crippen molar-refractivity contribution in [1.29, 1.82) is 0 Å². The Morgan fingerprint density at radius 1 is 0.321 bits per heavy atom. The van der Waals surface area contributed by atoms with Crippen molar-refractivity contribution in [3.8, 4) is 5.69 Å². The Hall–Kier alpha value is -7.50. The second kappa shape index (κ2) is 17.5. The lowest BCUT2D eigenvalue weighted by Crippen LogP contribution is -2.62. The SMILES string of the molecule is CC(C)(C)c1ccc(N(c2ccc(C(C)(C)C)cc2)c2ccc3c(c2)N(c2cccc4ccccc24)c2cc(C(C)(C)C)cc4c2B3c2cc(C(C)(C)C)cc3c2N4c2cc(C(C)(C)C)cc4c5cc(C(C)(C)C)ccc5n-3c24)cc1. The fourth-order valence-electron chi connectivity index (χ4n) is 13.3. The molecule has 3 aliphatic rings. The van der Waals surface area contributed by atoms with E-state index in [2.05, 4.69) is 308 Å². The van der Waals surface area contributed by atoms with Gasteiger partial charge in [-0.25, -0.2) is 0 Å². The maximum atomic E-state index is 2.73. The molecule has 4 heterocycles. The summed E-state index contributed by atoms with van der Waals surface area (Å²) in [6.07, 6.45) is 0. The summed E-state index contributed by atoms with van der Waals surface area (Å²) in [7, 11) is 0. The van der Waals surface area contributed by atoms with Gasteiger partial charge in [-0.1, -0.05) is 203 Å². The van der Waals surface area contributed by atoms with Gasteiger partial charge in [0.15, 0.2) is 0 Å². The van der Waals surface area contributed by atoms with Crippen LogP contribution < -0.4 is 31.1 Å². The van der Waals surface area contributed by atoms with E-state index in [4.69, 9.17) is 0 Å². The van der Waals surface area contributed by atoms with Gasteiger partial charge >= 0.3 is 0 Å². The standard InChI is InChI=1S/C76H81BN4/c1-71(2,3)47-26-31-53(32-27-47)78(54-33-28-48(29-34-54)72(4,5)6)55-35-36-59-63(45-55)79(61-25-21-23-46-22-19-20-24-56(46)61)64-41-52(76(16,17)18)42-65-68(64)77(59)60-40-51(75(13,14)15)44-67-70(60)81(65)66-43-50(74(10,11)12)39-58-57-38-49(73(7,8)9)30-37-62(57)80(67)69(58)66/h19-45H,1-18H3. The molecule has 0 N–H and O–H groups in total. The molecule has 10 aromatic rings. The summed E-state index contributed by atoms with van der Waals surface area (Å²) in [5.41, 5.74) is 26.1. The molecule has 0 saturated heterocycles. The summed E-state index contributed by atoms with van der Waals surface area (Å²) in [5.74, 6) is 0. The monoisotopic (exact) mass is 1060 g/mol. The molecule has 0 spiro atoms. The van der Waals surface area contributed by atoms with E-state index < -0.39 is 0 Å². The van der Waals surface area contributed by atoms with Crippen molar-refractivity contribution >= 4 is 107 Å². The van der Waals surface area contributed by atoms with Crippen LogP contribution in [0.4, 0.5) is 51.2 Å². The Labute approximate surface area is 483 Å². The molecule has 0 amide bonds. The first-order valence-electron chi connectivity index (χ1n) is 29.7. The molecule has 0 saturated carbocycles. The molecule has 13 rings (SSSR count). The molecule has 0 radical (unpaired) electrons. The number of benzene rings is 9. The highest BCUT2D eigenvalue weighted by Crippen LogP contribution is 2.56. The zero-order valence-electron chi connectivity index (χ0n) is 51.5. The van der Waals surface area contributed by atoms with E-state index >= 15 is 0 Å². The molecule has 5 heteroatoms. The molecule has 0 unspecified atom stereocenters. The van der Waals surface area contributed by atoms with E-state index in [1.54, 1.807) is 0 Å². The fourth-order valence-corrected chi connectivity index (χ4v) is 13.3. The zero-order valence-corrected chi connectivity index (χ0v) is 51.5. The van der Waals surface area contributed by atoms with Crippen LogP contribution in [0.1, 0.15) is 158 Å². The molecule has 9 aromatic carbocycles. The second-order valence-corrected chi connectivity index (χ2v) is 30.1. The number of fused-ring (bicyclic) bond motifs is 10. The summed E-state index contributed by atoms with van der Waals surface area (Å²) in [4.78, 5) is 7.87. The van der Waals surface area contributed by atoms with E-state index in [-0.39, 0.29) is 39.2 Å². The van der Waals surface area contributed by atoms with Crippen LogP contribution in [0.15, 0.2) is 164 Å². The largest absolute Gasteiger partial charge is 0.311 e. The summed E-state index contributed by atoms with van der Waals surface area (Å²) in [5, 5.41) is 5.08. The Morgan fingerprint density at radius 2 is 0.802 bits per heavy atom. The van der Waals surface area contributed by atoms with Crippen LogP contribution in [-0.2, 0) is 32.5 Å². The predicted molar refractivity (Wildman–Crippen MR) is 353 cm³/mol. The quantitative estimate of drug-likeness (QED) is 0.163. The average Bonchev–Trinajstić information content (AvgIpc) is 1.87. The highest BCUT2D eigenvalue weighted by molar-refractivity contribution is 7.00. The van der Waals surface area contributed by atoms with Crippen molar-refractivity contribution in [1.82, 2.24) is 4.57 Å². The van der Waals surface area contributed by atoms with Crippen LogP contribution in [0.3, 0.4) is 0 Å². The zero-order chi connectivity index (χ0) is 57.4. The van der Waals surface area contributed by atoms with Gasteiger partial charge in [0.25, 0.3) is 6.71 Å². The molecule has 0 bridgehead atoms. The molecule has 4 nitrogen and oxygen atoms in total. The van der Waals surface area contributed by atoms with Gasteiger partial charge in [0.05, 0.1) is 33.8 Å². The van der Waals surface area contributed by atoms with Crippen LogP contribution in [0.5, 0.6) is 0 Å². The van der Waals surface area contributed by atoms with Crippen molar-refractivity contribution in [3.05, 3.63) is 197 Å². The van der Waals surface area contributed by atoms with E-state index in [1.807, 2.05) is 0 Å². The fraction of sp³-hybridized carbons (Fsp3) is 0.316. The first kappa shape index (κ1) is 52.9. The van der Waals surface area contributed by atoms with Crippen LogP contribution >= 0.6 is 0 Å². The lowest BCUT2D eigenvalue weighted by Gasteiger charge is -2.47. The third kappa shape index (κ3) is 8.37. The maximum absolute atomic E-state index is 2.73. The molecule has 0 aliphatic carbocycles. The second-order valence-electron chi connectivity index (χ2n) is 30.1. The summed E-state index contributed by atoms with van der Waals surface area (Å²) in [6, 6.07) is 64.6. The number of nitrogens with zero attached hydrogens (tertiary/aromatic N) is 4. The third-order valence-corrected chi connectivity index (χ3v) is 18.2. The van der Waals surface area contributed by atoms with Gasteiger partial charge in [-0.3, -0.25) is 0 Å². The number of hydrogen-bond acceptors (Lipinski definition) is 3. The van der Waals surface area contributed by atoms with Gasteiger partial charge in [0.2, 0.25) is 0 Å². The lowest BCUT2D eigenvalue weighted by atomic mass is 9.33. The van der Waals surface area contributed by atoms with Crippen LogP contribution in [0, 0.1) is 0 Å². The Morgan fingerprint density at radius 3 is 1.40 bits per heavy atom. The number of rotatable bonds is 4. The first-order valence-corrected chi connectivity index (χ1v) is 29.7. The molecule has 0 atom stereocenters. The van der Waals surface area contributed by atoms with Crippen molar-refractivity contribution < 1.29 is 0 Å². The Kier molecular flexibility index (Phi) is 11.4. The molecule has 3 aliphatic heterocycles. The topological polar surface area (TPSA) is 14.7 Å².